The SMILES string of the molecule is O=C(Cc1cccc2ccccc12)Nc1ccc2c3c(c(=O)[nH]c2c1)CCCC3. The number of hydrogen-bond acceptors (Lipinski definition) is 2. The average Bonchev–Trinajstić information content (AvgIpc) is 2.74. The van der Waals surface area contributed by atoms with Crippen LogP contribution in [0.1, 0.15) is 29.5 Å². The van der Waals surface area contributed by atoms with E-state index in [0.29, 0.717) is 12.1 Å². The summed E-state index contributed by atoms with van der Waals surface area (Å²) in [6, 6.07) is 19.9. The maximum Gasteiger partial charge on any atom is 0.251 e. The van der Waals surface area contributed by atoms with E-state index in [-0.39, 0.29) is 11.5 Å². The second-order valence-electron chi connectivity index (χ2n) is 7.74. The van der Waals surface area contributed by atoms with Gasteiger partial charge >= 0.3 is 0 Å². The summed E-state index contributed by atoms with van der Waals surface area (Å²) in [7, 11) is 0. The summed E-state index contributed by atoms with van der Waals surface area (Å²) in [6.07, 6.45) is 4.30. The Morgan fingerprint density at radius 3 is 2.59 bits per heavy atom. The average molecular weight is 382 g/mol. The number of carbonyl (C=O) groups excluding carboxylic acids is 1. The minimum Gasteiger partial charge on any atom is -0.326 e. The van der Waals surface area contributed by atoms with Crippen molar-refractivity contribution in [3.63, 3.8) is 0 Å². The van der Waals surface area contributed by atoms with E-state index in [1.807, 2.05) is 48.5 Å². The molecule has 0 unspecified atom stereocenters. The number of aryl methyl sites for hydroxylation is 1. The van der Waals surface area contributed by atoms with Crippen LogP contribution in [0.3, 0.4) is 0 Å². The quantitative estimate of drug-likeness (QED) is 0.537. The Labute approximate surface area is 168 Å². The molecular formula is C25H22N2O2. The molecule has 0 atom stereocenters. The number of pyridine rings is 1. The molecule has 2 N–H and O–H groups in total. The van der Waals surface area contributed by atoms with Gasteiger partial charge in [-0.2, -0.15) is 0 Å². The predicted molar refractivity (Wildman–Crippen MR) is 117 cm³/mol. The lowest BCUT2D eigenvalue weighted by Crippen LogP contribution is -2.19. The van der Waals surface area contributed by atoms with Crippen molar-refractivity contribution in [3.05, 3.63) is 87.7 Å². The van der Waals surface area contributed by atoms with Crippen LogP contribution in [0.5, 0.6) is 0 Å². The maximum absolute atomic E-state index is 12.7. The molecule has 4 heteroatoms. The summed E-state index contributed by atoms with van der Waals surface area (Å²) >= 11 is 0. The van der Waals surface area contributed by atoms with Gasteiger partial charge in [0.05, 0.1) is 11.9 Å². The number of benzene rings is 3. The molecule has 0 bridgehead atoms. The van der Waals surface area contributed by atoms with Crippen LogP contribution in [0.4, 0.5) is 5.69 Å². The molecule has 144 valence electrons. The van der Waals surface area contributed by atoms with Crippen LogP contribution in [0.25, 0.3) is 21.7 Å². The van der Waals surface area contributed by atoms with Gasteiger partial charge in [0.1, 0.15) is 0 Å². The predicted octanol–water partition coefficient (Wildman–Crippen LogP) is 4.74. The second-order valence-corrected chi connectivity index (χ2v) is 7.74. The lowest BCUT2D eigenvalue weighted by atomic mass is 9.90. The van der Waals surface area contributed by atoms with Gasteiger partial charge in [0, 0.05) is 16.6 Å². The van der Waals surface area contributed by atoms with Gasteiger partial charge in [0.2, 0.25) is 5.91 Å². The summed E-state index contributed by atoms with van der Waals surface area (Å²) in [5.74, 6) is -0.0685. The number of rotatable bonds is 3. The minimum atomic E-state index is -0.0685. The summed E-state index contributed by atoms with van der Waals surface area (Å²) in [5.41, 5.74) is 4.60. The van der Waals surface area contributed by atoms with Crippen molar-refractivity contribution >= 4 is 33.3 Å². The number of hydrogen-bond donors (Lipinski definition) is 2. The third-order valence-electron chi connectivity index (χ3n) is 5.85. The molecule has 1 aliphatic rings. The van der Waals surface area contributed by atoms with E-state index in [2.05, 4.69) is 22.4 Å². The summed E-state index contributed by atoms with van der Waals surface area (Å²) in [4.78, 5) is 28.1. The Morgan fingerprint density at radius 2 is 1.69 bits per heavy atom. The van der Waals surface area contributed by atoms with Crippen molar-refractivity contribution in [2.45, 2.75) is 32.1 Å². The van der Waals surface area contributed by atoms with Gasteiger partial charge in [-0.3, -0.25) is 9.59 Å². The zero-order valence-corrected chi connectivity index (χ0v) is 16.1. The molecular weight excluding hydrogens is 360 g/mol. The number of amides is 1. The highest BCUT2D eigenvalue weighted by molar-refractivity contribution is 5.98. The molecule has 4 aromatic rings. The van der Waals surface area contributed by atoms with Crippen molar-refractivity contribution in [2.24, 2.45) is 0 Å². The van der Waals surface area contributed by atoms with Crippen LogP contribution in [0, 0.1) is 0 Å². The summed E-state index contributed by atoms with van der Waals surface area (Å²) in [6.45, 7) is 0. The number of aromatic nitrogens is 1. The number of aromatic amines is 1. The number of H-pyrrole nitrogens is 1. The first kappa shape index (κ1) is 17.7. The molecule has 5 rings (SSSR count). The van der Waals surface area contributed by atoms with E-state index < -0.39 is 0 Å². The number of anilines is 1. The lowest BCUT2D eigenvalue weighted by molar-refractivity contribution is -0.115. The monoisotopic (exact) mass is 382 g/mol. The van der Waals surface area contributed by atoms with E-state index in [4.69, 9.17) is 0 Å². The van der Waals surface area contributed by atoms with Gasteiger partial charge in [-0.15, -0.1) is 0 Å². The maximum atomic E-state index is 12.7. The smallest absolute Gasteiger partial charge is 0.251 e. The Kier molecular flexibility index (Phi) is 4.39. The highest BCUT2D eigenvalue weighted by atomic mass is 16.1. The van der Waals surface area contributed by atoms with Crippen LogP contribution in [0.15, 0.2) is 65.5 Å². The standard InChI is InChI=1S/C25H22N2O2/c28-24(14-17-8-5-7-16-6-1-2-9-19(16)17)26-18-12-13-21-20-10-3-4-11-22(20)25(29)27-23(21)15-18/h1-2,5-9,12-13,15H,3-4,10-11,14H2,(H,26,28)(H,27,29). The van der Waals surface area contributed by atoms with Gasteiger partial charge in [-0.1, -0.05) is 48.5 Å². The molecule has 29 heavy (non-hydrogen) atoms. The van der Waals surface area contributed by atoms with Crippen molar-refractivity contribution in [1.29, 1.82) is 0 Å². The summed E-state index contributed by atoms with van der Waals surface area (Å²) in [5, 5.41) is 6.30. The molecule has 0 saturated carbocycles. The number of fused-ring (bicyclic) bond motifs is 4. The van der Waals surface area contributed by atoms with Gasteiger partial charge in [0.15, 0.2) is 0 Å². The Hall–Kier alpha value is -3.40. The third kappa shape index (κ3) is 3.31. The molecule has 0 fully saturated rings. The molecule has 0 saturated heterocycles. The zero-order chi connectivity index (χ0) is 19.8. The van der Waals surface area contributed by atoms with Crippen LogP contribution < -0.4 is 10.9 Å². The number of carbonyl (C=O) groups is 1. The van der Waals surface area contributed by atoms with E-state index in [1.165, 1.54) is 5.56 Å². The van der Waals surface area contributed by atoms with E-state index in [9.17, 15) is 9.59 Å². The van der Waals surface area contributed by atoms with Crippen molar-refractivity contribution in [1.82, 2.24) is 4.98 Å². The molecule has 0 aliphatic heterocycles. The fourth-order valence-electron chi connectivity index (χ4n) is 4.46. The first-order valence-electron chi connectivity index (χ1n) is 10.1. The van der Waals surface area contributed by atoms with Crippen LogP contribution in [-0.4, -0.2) is 10.9 Å². The fourth-order valence-corrected chi connectivity index (χ4v) is 4.46. The van der Waals surface area contributed by atoms with Crippen LogP contribution >= 0.6 is 0 Å². The molecule has 1 aliphatic carbocycles. The summed E-state index contributed by atoms with van der Waals surface area (Å²) < 4.78 is 0. The molecule has 4 nitrogen and oxygen atoms in total. The van der Waals surface area contributed by atoms with E-state index in [1.54, 1.807) is 0 Å². The Morgan fingerprint density at radius 1 is 0.897 bits per heavy atom. The molecule has 1 heterocycles. The van der Waals surface area contributed by atoms with E-state index in [0.717, 1.165) is 58.5 Å². The topological polar surface area (TPSA) is 62.0 Å². The third-order valence-corrected chi connectivity index (χ3v) is 5.85. The first-order valence-corrected chi connectivity index (χ1v) is 10.1. The normalized spacial score (nSPS) is 13.4. The van der Waals surface area contributed by atoms with Gasteiger partial charge in [-0.05, 0) is 59.7 Å². The zero-order valence-electron chi connectivity index (χ0n) is 16.1. The Balaban J connectivity index is 1.42. The van der Waals surface area contributed by atoms with Crippen molar-refractivity contribution in [3.8, 4) is 0 Å². The highest BCUT2D eigenvalue weighted by Gasteiger charge is 2.16. The van der Waals surface area contributed by atoms with E-state index >= 15 is 0 Å². The molecule has 1 aromatic heterocycles. The van der Waals surface area contributed by atoms with Gasteiger partial charge < -0.3 is 10.3 Å². The second kappa shape index (κ2) is 7.21. The van der Waals surface area contributed by atoms with Crippen molar-refractivity contribution in [2.75, 3.05) is 5.32 Å². The van der Waals surface area contributed by atoms with Crippen LogP contribution in [-0.2, 0) is 24.1 Å². The molecule has 3 aromatic carbocycles. The van der Waals surface area contributed by atoms with Gasteiger partial charge in [0.25, 0.3) is 5.56 Å². The van der Waals surface area contributed by atoms with Crippen LogP contribution in [0.2, 0.25) is 0 Å². The minimum absolute atomic E-state index is 0.00596. The van der Waals surface area contributed by atoms with Crippen molar-refractivity contribution < 1.29 is 4.79 Å². The largest absolute Gasteiger partial charge is 0.326 e. The highest BCUT2D eigenvalue weighted by Crippen LogP contribution is 2.27. The first-order chi connectivity index (χ1) is 14.2. The fraction of sp³-hybridized carbons (Fsp3) is 0.200. The lowest BCUT2D eigenvalue weighted by Gasteiger charge is -2.17. The van der Waals surface area contributed by atoms with Gasteiger partial charge in [-0.25, -0.2) is 0 Å². The molecule has 1 amide bonds. The Bertz CT molecular complexity index is 1300. The number of nitrogens with one attached hydrogen (secondary N) is 2. The molecule has 0 spiro atoms. The molecule has 0 radical (unpaired) electrons.